The third-order valence-corrected chi connectivity index (χ3v) is 2.80. The SMILES string of the molecule is C=CCN1CCN(CCCS)CC1. The lowest BCUT2D eigenvalue weighted by Crippen LogP contribution is -2.46. The van der Waals surface area contributed by atoms with Crippen LogP contribution in [-0.2, 0) is 0 Å². The highest BCUT2D eigenvalue weighted by molar-refractivity contribution is 7.80. The Morgan fingerprint density at radius 1 is 1.15 bits per heavy atom. The van der Waals surface area contributed by atoms with Gasteiger partial charge in [-0.3, -0.25) is 4.90 Å². The van der Waals surface area contributed by atoms with Crippen molar-refractivity contribution in [1.82, 2.24) is 9.80 Å². The zero-order valence-electron chi connectivity index (χ0n) is 8.28. The molecule has 0 saturated carbocycles. The Bertz CT molecular complexity index is 142. The molecule has 3 heteroatoms. The molecule has 1 fully saturated rings. The van der Waals surface area contributed by atoms with Gasteiger partial charge in [-0.1, -0.05) is 6.08 Å². The van der Waals surface area contributed by atoms with Crippen LogP contribution in [0.4, 0.5) is 0 Å². The molecule has 0 amide bonds. The summed E-state index contributed by atoms with van der Waals surface area (Å²) in [5.41, 5.74) is 0. The van der Waals surface area contributed by atoms with E-state index in [0.29, 0.717) is 0 Å². The van der Waals surface area contributed by atoms with Crippen molar-refractivity contribution in [3.8, 4) is 0 Å². The molecule has 0 aromatic rings. The van der Waals surface area contributed by atoms with Gasteiger partial charge in [0.2, 0.25) is 0 Å². The van der Waals surface area contributed by atoms with Gasteiger partial charge >= 0.3 is 0 Å². The molecule has 0 aliphatic carbocycles. The molecule has 0 aromatic carbocycles. The summed E-state index contributed by atoms with van der Waals surface area (Å²) in [7, 11) is 0. The van der Waals surface area contributed by atoms with Gasteiger partial charge in [-0.25, -0.2) is 0 Å². The summed E-state index contributed by atoms with van der Waals surface area (Å²) in [4.78, 5) is 4.97. The van der Waals surface area contributed by atoms with Crippen LogP contribution in [0, 0.1) is 0 Å². The summed E-state index contributed by atoms with van der Waals surface area (Å²) in [6.07, 6.45) is 3.20. The first-order valence-electron chi connectivity index (χ1n) is 5.03. The van der Waals surface area contributed by atoms with Crippen LogP contribution in [0.2, 0.25) is 0 Å². The van der Waals surface area contributed by atoms with Crippen molar-refractivity contribution in [2.75, 3.05) is 45.0 Å². The van der Waals surface area contributed by atoms with Crippen LogP contribution in [0.15, 0.2) is 12.7 Å². The van der Waals surface area contributed by atoms with E-state index in [1.54, 1.807) is 0 Å². The summed E-state index contributed by atoms with van der Waals surface area (Å²) >= 11 is 4.22. The number of rotatable bonds is 5. The quantitative estimate of drug-likeness (QED) is 0.525. The summed E-state index contributed by atoms with van der Waals surface area (Å²) in [6.45, 7) is 10.8. The third-order valence-electron chi connectivity index (χ3n) is 2.48. The molecule has 0 spiro atoms. The second-order valence-corrected chi connectivity index (χ2v) is 3.96. The van der Waals surface area contributed by atoms with Crippen molar-refractivity contribution in [3.05, 3.63) is 12.7 Å². The summed E-state index contributed by atoms with van der Waals surface area (Å²) in [5.74, 6) is 1.01. The molecular weight excluding hydrogens is 180 g/mol. The fourth-order valence-electron chi connectivity index (χ4n) is 1.67. The number of hydrogen-bond donors (Lipinski definition) is 1. The van der Waals surface area contributed by atoms with Crippen LogP contribution in [0.25, 0.3) is 0 Å². The first-order valence-corrected chi connectivity index (χ1v) is 5.66. The van der Waals surface area contributed by atoms with Crippen LogP contribution in [0.5, 0.6) is 0 Å². The average molecular weight is 200 g/mol. The Hall–Kier alpha value is 0.0100. The van der Waals surface area contributed by atoms with E-state index in [0.717, 1.165) is 12.3 Å². The van der Waals surface area contributed by atoms with Gasteiger partial charge in [-0.2, -0.15) is 12.6 Å². The lowest BCUT2D eigenvalue weighted by Gasteiger charge is -2.33. The van der Waals surface area contributed by atoms with Gasteiger partial charge in [0.15, 0.2) is 0 Å². The minimum absolute atomic E-state index is 1.01. The molecule has 0 N–H and O–H groups in total. The van der Waals surface area contributed by atoms with Crippen LogP contribution in [-0.4, -0.2) is 54.8 Å². The zero-order chi connectivity index (χ0) is 9.52. The van der Waals surface area contributed by atoms with Crippen molar-refractivity contribution < 1.29 is 0 Å². The van der Waals surface area contributed by atoms with Gasteiger partial charge in [-0.15, -0.1) is 6.58 Å². The average Bonchev–Trinajstić information content (AvgIpc) is 2.17. The van der Waals surface area contributed by atoms with Crippen LogP contribution < -0.4 is 0 Å². The predicted molar refractivity (Wildman–Crippen MR) is 61.5 cm³/mol. The van der Waals surface area contributed by atoms with E-state index in [4.69, 9.17) is 0 Å². The normalized spacial score (nSPS) is 20.4. The largest absolute Gasteiger partial charge is 0.301 e. The van der Waals surface area contributed by atoms with Gasteiger partial charge in [0, 0.05) is 32.7 Å². The third kappa shape index (κ3) is 4.16. The summed E-state index contributed by atoms with van der Waals surface area (Å²) in [5, 5.41) is 0. The van der Waals surface area contributed by atoms with E-state index in [9.17, 15) is 0 Å². The van der Waals surface area contributed by atoms with Gasteiger partial charge in [0.1, 0.15) is 0 Å². The first kappa shape index (κ1) is 11.1. The van der Waals surface area contributed by atoms with Gasteiger partial charge < -0.3 is 4.90 Å². The summed E-state index contributed by atoms with van der Waals surface area (Å²) in [6, 6.07) is 0. The fourth-order valence-corrected chi connectivity index (χ4v) is 1.81. The van der Waals surface area contributed by atoms with E-state index in [-0.39, 0.29) is 0 Å². The highest BCUT2D eigenvalue weighted by Crippen LogP contribution is 2.02. The number of hydrogen-bond acceptors (Lipinski definition) is 3. The highest BCUT2D eigenvalue weighted by atomic mass is 32.1. The molecule has 13 heavy (non-hydrogen) atoms. The molecule has 0 aromatic heterocycles. The maximum atomic E-state index is 4.22. The molecule has 1 rings (SSSR count). The zero-order valence-corrected chi connectivity index (χ0v) is 9.18. The predicted octanol–water partition coefficient (Wildman–Crippen LogP) is 1.11. The number of nitrogens with zero attached hydrogens (tertiary/aromatic N) is 2. The molecule has 1 saturated heterocycles. The van der Waals surface area contributed by atoms with Gasteiger partial charge in [-0.05, 0) is 18.7 Å². The van der Waals surface area contributed by atoms with Crippen molar-refractivity contribution in [3.63, 3.8) is 0 Å². The minimum atomic E-state index is 1.01. The lowest BCUT2D eigenvalue weighted by molar-refractivity contribution is 0.143. The number of piperazine rings is 1. The Kier molecular flexibility index (Phi) is 5.51. The smallest absolute Gasteiger partial charge is 0.0161 e. The molecule has 1 heterocycles. The molecule has 0 unspecified atom stereocenters. The monoisotopic (exact) mass is 200 g/mol. The summed E-state index contributed by atoms with van der Waals surface area (Å²) < 4.78 is 0. The highest BCUT2D eigenvalue weighted by Gasteiger charge is 2.14. The van der Waals surface area contributed by atoms with Crippen LogP contribution in [0.3, 0.4) is 0 Å². The van der Waals surface area contributed by atoms with E-state index >= 15 is 0 Å². The van der Waals surface area contributed by atoms with E-state index in [2.05, 4.69) is 29.0 Å². The molecule has 0 bridgehead atoms. The van der Waals surface area contributed by atoms with Gasteiger partial charge in [0.05, 0.1) is 0 Å². The maximum Gasteiger partial charge on any atom is 0.0161 e. The lowest BCUT2D eigenvalue weighted by atomic mass is 10.3. The Balaban J connectivity index is 2.11. The van der Waals surface area contributed by atoms with E-state index in [1.807, 2.05) is 6.08 Å². The molecular formula is C10H20N2S. The van der Waals surface area contributed by atoms with Crippen molar-refractivity contribution >= 4 is 12.6 Å². The van der Waals surface area contributed by atoms with E-state index < -0.39 is 0 Å². The van der Waals surface area contributed by atoms with Gasteiger partial charge in [0.25, 0.3) is 0 Å². The second-order valence-electron chi connectivity index (χ2n) is 3.51. The molecule has 76 valence electrons. The molecule has 0 atom stereocenters. The minimum Gasteiger partial charge on any atom is -0.301 e. The Labute approximate surface area is 87.0 Å². The van der Waals surface area contributed by atoms with Crippen molar-refractivity contribution in [2.45, 2.75) is 6.42 Å². The first-order chi connectivity index (χ1) is 6.36. The van der Waals surface area contributed by atoms with Crippen molar-refractivity contribution in [1.29, 1.82) is 0 Å². The topological polar surface area (TPSA) is 6.48 Å². The van der Waals surface area contributed by atoms with E-state index in [1.165, 1.54) is 39.1 Å². The molecule has 2 nitrogen and oxygen atoms in total. The molecule has 1 aliphatic rings. The standard InChI is InChI=1S/C10H20N2S/c1-2-4-11-6-8-12(9-7-11)5-3-10-13/h2,13H,1,3-10H2. The fraction of sp³-hybridized carbons (Fsp3) is 0.800. The maximum absolute atomic E-state index is 4.22. The molecule has 0 radical (unpaired) electrons. The number of thiol groups is 1. The van der Waals surface area contributed by atoms with Crippen LogP contribution in [0.1, 0.15) is 6.42 Å². The second kappa shape index (κ2) is 6.46. The molecule has 1 aliphatic heterocycles. The Morgan fingerprint density at radius 3 is 2.31 bits per heavy atom. The Morgan fingerprint density at radius 2 is 1.77 bits per heavy atom. The van der Waals surface area contributed by atoms with Crippen LogP contribution >= 0.6 is 12.6 Å². The van der Waals surface area contributed by atoms with Crippen molar-refractivity contribution in [2.24, 2.45) is 0 Å².